The molecule has 18 heavy (non-hydrogen) atoms. The molecule has 4 atom stereocenters. The van der Waals surface area contributed by atoms with E-state index in [-0.39, 0.29) is 0 Å². The maximum absolute atomic E-state index is 3.53. The van der Waals surface area contributed by atoms with E-state index in [4.69, 9.17) is 0 Å². The van der Waals surface area contributed by atoms with Crippen molar-refractivity contribution in [2.75, 3.05) is 26.7 Å². The van der Waals surface area contributed by atoms with Crippen molar-refractivity contribution in [3.63, 3.8) is 0 Å². The molecule has 2 fully saturated rings. The Hall–Kier alpha value is -0.0800. The lowest BCUT2D eigenvalue weighted by atomic mass is 9.88. The molecule has 0 aromatic rings. The van der Waals surface area contributed by atoms with Gasteiger partial charge in [0.2, 0.25) is 0 Å². The minimum Gasteiger partial charge on any atom is -0.315 e. The van der Waals surface area contributed by atoms with Crippen LogP contribution in [0.3, 0.4) is 0 Å². The minimum absolute atomic E-state index is 0.698. The van der Waals surface area contributed by atoms with E-state index in [1.165, 1.54) is 32.2 Å². The molecule has 0 aromatic carbocycles. The van der Waals surface area contributed by atoms with E-state index in [9.17, 15) is 0 Å². The lowest BCUT2D eigenvalue weighted by molar-refractivity contribution is 0.140. The number of rotatable bonds is 7. The Kier molecular flexibility index (Phi) is 5.08. The Bertz CT molecular complexity index is 251. The molecule has 2 bridgehead atoms. The van der Waals surface area contributed by atoms with Crippen molar-refractivity contribution in [1.82, 2.24) is 10.2 Å². The molecular weight excluding hydrogens is 220 g/mol. The fourth-order valence-electron chi connectivity index (χ4n) is 4.30. The molecular formula is C16H32N2. The van der Waals surface area contributed by atoms with Crippen LogP contribution in [0.5, 0.6) is 0 Å². The van der Waals surface area contributed by atoms with Gasteiger partial charge in [-0.05, 0) is 56.5 Å². The summed E-state index contributed by atoms with van der Waals surface area (Å²) in [4.78, 5) is 2.64. The molecule has 106 valence electrons. The summed E-state index contributed by atoms with van der Waals surface area (Å²) in [6, 6.07) is 0.698. The van der Waals surface area contributed by atoms with Crippen LogP contribution in [-0.4, -0.2) is 37.6 Å². The number of likely N-dealkylation sites (N-methyl/N-ethyl adjacent to an activating group) is 2. The predicted octanol–water partition coefficient (Wildman–Crippen LogP) is 2.99. The summed E-state index contributed by atoms with van der Waals surface area (Å²) in [5.74, 6) is 3.88. The first kappa shape index (κ1) is 14.3. The highest BCUT2D eigenvalue weighted by Crippen LogP contribution is 2.48. The fourth-order valence-corrected chi connectivity index (χ4v) is 4.30. The van der Waals surface area contributed by atoms with E-state index >= 15 is 0 Å². The van der Waals surface area contributed by atoms with E-state index in [0.717, 1.165) is 36.8 Å². The molecule has 0 aromatic heterocycles. The zero-order valence-corrected chi connectivity index (χ0v) is 12.8. The average molecular weight is 252 g/mol. The van der Waals surface area contributed by atoms with Crippen molar-refractivity contribution in [1.29, 1.82) is 0 Å². The molecule has 2 saturated carbocycles. The number of nitrogens with zero attached hydrogens (tertiary/aromatic N) is 1. The number of nitrogens with one attached hydrogen (secondary N) is 1. The van der Waals surface area contributed by atoms with E-state index in [2.05, 4.69) is 38.0 Å². The summed E-state index contributed by atoms with van der Waals surface area (Å²) in [5.41, 5.74) is 0. The summed E-state index contributed by atoms with van der Waals surface area (Å²) in [5, 5.41) is 3.53. The SMILES string of the molecule is CCNCC(C(C)C)N(C)CC1CC2CCC1C2. The van der Waals surface area contributed by atoms with Crippen molar-refractivity contribution in [3.8, 4) is 0 Å². The molecule has 0 aliphatic heterocycles. The second kappa shape index (κ2) is 6.38. The standard InChI is InChI=1S/C16H32N2/c1-5-17-10-16(12(2)3)18(4)11-15-9-13-6-7-14(15)8-13/h12-17H,5-11H2,1-4H3. The quantitative estimate of drug-likeness (QED) is 0.749. The van der Waals surface area contributed by atoms with Crippen molar-refractivity contribution in [2.24, 2.45) is 23.7 Å². The van der Waals surface area contributed by atoms with Crippen molar-refractivity contribution in [2.45, 2.75) is 52.5 Å². The minimum atomic E-state index is 0.698. The summed E-state index contributed by atoms with van der Waals surface area (Å²) < 4.78 is 0. The fraction of sp³-hybridized carbons (Fsp3) is 1.00. The first-order chi connectivity index (χ1) is 8.61. The molecule has 0 amide bonds. The zero-order chi connectivity index (χ0) is 13.1. The number of hydrogen-bond acceptors (Lipinski definition) is 2. The average Bonchev–Trinajstić information content (AvgIpc) is 2.91. The topological polar surface area (TPSA) is 15.3 Å². The highest BCUT2D eigenvalue weighted by Gasteiger charge is 2.40. The third-order valence-electron chi connectivity index (χ3n) is 5.35. The van der Waals surface area contributed by atoms with Crippen molar-refractivity contribution >= 4 is 0 Å². The summed E-state index contributed by atoms with van der Waals surface area (Å²) in [7, 11) is 2.34. The van der Waals surface area contributed by atoms with Gasteiger partial charge in [0.1, 0.15) is 0 Å². The Morgan fingerprint density at radius 3 is 2.50 bits per heavy atom. The monoisotopic (exact) mass is 252 g/mol. The normalized spacial score (nSPS) is 32.7. The maximum Gasteiger partial charge on any atom is 0.0240 e. The summed E-state index contributed by atoms with van der Waals surface area (Å²) >= 11 is 0. The van der Waals surface area contributed by atoms with Gasteiger partial charge in [-0.3, -0.25) is 0 Å². The number of hydrogen-bond donors (Lipinski definition) is 1. The van der Waals surface area contributed by atoms with Crippen LogP contribution in [0.25, 0.3) is 0 Å². The first-order valence-corrected chi connectivity index (χ1v) is 8.02. The van der Waals surface area contributed by atoms with Crippen LogP contribution in [-0.2, 0) is 0 Å². The Morgan fingerprint density at radius 2 is 2.00 bits per heavy atom. The molecule has 1 N–H and O–H groups in total. The Labute approximate surface area is 114 Å². The van der Waals surface area contributed by atoms with Crippen molar-refractivity contribution < 1.29 is 0 Å². The third kappa shape index (κ3) is 3.27. The van der Waals surface area contributed by atoms with E-state index in [1.807, 2.05) is 0 Å². The Morgan fingerprint density at radius 1 is 1.22 bits per heavy atom. The molecule has 0 heterocycles. The van der Waals surface area contributed by atoms with Gasteiger partial charge in [-0.25, -0.2) is 0 Å². The molecule has 2 heteroatoms. The smallest absolute Gasteiger partial charge is 0.0240 e. The zero-order valence-electron chi connectivity index (χ0n) is 12.8. The van der Waals surface area contributed by atoms with E-state index < -0.39 is 0 Å². The van der Waals surface area contributed by atoms with Crippen LogP contribution in [0.2, 0.25) is 0 Å². The third-order valence-corrected chi connectivity index (χ3v) is 5.35. The molecule has 2 nitrogen and oxygen atoms in total. The van der Waals surface area contributed by atoms with Crippen LogP contribution in [0, 0.1) is 23.7 Å². The van der Waals surface area contributed by atoms with Gasteiger partial charge in [-0.2, -0.15) is 0 Å². The van der Waals surface area contributed by atoms with Gasteiger partial charge in [0.25, 0.3) is 0 Å². The van der Waals surface area contributed by atoms with Crippen LogP contribution in [0.1, 0.15) is 46.5 Å². The molecule has 0 spiro atoms. The van der Waals surface area contributed by atoms with Crippen molar-refractivity contribution in [3.05, 3.63) is 0 Å². The van der Waals surface area contributed by atoms with Crippen LogP contribution < -0.4 is 5.32 Å². The van der Waals surface area contributed by atoms with Gasteiger partial charge in [-0.1, -0.05) is 27.2 Å². The Balaban J connectivity index is 1.82. The highest BCUT2D eigenvalue weighted by atomic mass is 15.2. The van der Waals surface area contributed by atoms with Crippen LogP contribution in [0.4, 0.5) is 0 Å². The summed E-state index contributed by atoms with van der Waals surface area (Å²) in [6.45, 7) is 10.5. The number of fused-ring (bicyclic) bond motifs is 2. The van der Waals surface area contributed by atoms with E-state index in [1.54, 1.807) is 0 Å². The van der Waals surface area contributed by atoms with E-state index in [0.29, 0.717) is 6.04 Å². The molecule has 0 saturated heterocycles. The molecule has 4 unspecified atom stereocenters. The van der Waals surface area contributed by atoms with Gasteiger partial charge < -0.3 is 10.2 Å². The second-order valence-electron chi connectivity index (χ2n) is 6.99. The highest BCUT2D eigenvalue weighted by molar-refractivity contribution is 4.92. The molecule has 0 radical (unpaired) electrons. The van der Waals surface area contributed by atoms with Gasteiger partial charge in [0, 0.05) is 19.1 Å². The van der Waals surface area contributed by atoms with Gasteiger partial charge in [-0.15, -0.1) is 0 Å². The molecule has 2 aliphatic carbocycles. The predicted molar refractivity (Wildman–Crippen MR) is 78.7 cm³/mol. The lowest BCUT2D eigenvalue weighted by Gasteiger charge is -2.35. The first-order valence-electron chi connectivity index (χ1n) is 8.02. The lowest BCUT2D eigenvalue weighted by Crippen LogP contribution is -2.46. The van der Waals surface area contributed by atoms with Crippen LogP contribution >= 0.6 is 0 Å². The molecule has 2 rings (SSSR count). The maximum atomic E-state index is 3.53. The van der Waals surface area contributed by atoms with Gasteiger partial charge in [0.15, 0.2) is 0 Å². The largest absolute Gasteiger partial charge is 0.315 e. The van der Waals surface area contributed by atoms with Gasteiger partial charge in [0.05, 0.1) is 0 Å². The summed E-state index contributed by atoms with van der Waals surface area (Å²) in [6.07, 6.45) is 6.09. The van der Waals surface area contributed by atoms with Crippen LogP contribution in [0.15, 0.2) is 0 Å². The molecule has 2 aliphatic rings. The van der Waals surface area contributed by atoms with Gasteiger partial charge >= 0.3 is 0 Å². The second-order valence-corrected chi connectivity index (χ2v) is 6.99.